The minimum atomic E-state index is -0.0490. The Hall–Kier alpha value is -2.98. The number of nitrogens with zero attached hydrogens (tertiary/aromatic N) is 3. The second-order valence-corrected chi connectivity index (χ2v) is 6.25. The van der Waals surface area contributed by atoms with Gasteiger partial charge in [-0.05, 0) is 54.3 Å². The van der Waals surface area contributed by atoms with Gasteiger partial charge in [0.05, 0.1) is 18.7 Å². The molecule has 1 aromatic carbocycles. The van der Waals surface area contributed by atoms with Crippen LogP contribution in [0.2, 0.25) is 0 Å². The van der Waals surface area contributed by atoms with E-state index in [1.54, 1.807) is 6.08 Å². The van der Waals surface area contributed by atoms with Crippen LogP contribution >= 0.6 is 0 Å². The maximum Gasteiger partial charge on any atom is 0.265 e. The van der Waals surface area contributed by atoms with E-state index in [2.05, 4.69) is 34.9 Å². The molecule has 4 nitrogen and oxygen atoms in total. The van der Waals surface area contributed by atoms with Crippen molar-refractivity contribution in [3.8, 4) is 6.07 Å². The van der Waals surface area contributed by atoms with E-state index in [1.165, 1.54) is 11.3 Å². The van der Waals surface area contributed by atoms with Gasteiger partial charge < -0.3 is 9.64 Å². The van der Waals surface area contributed by atoms with E-state index < -0.39 is 0 Å². The van der Waals surface area contributed by atoms with Crippen molar-refractivity contribution in [1.82, 2.24) is 0 Å². The smallest absolute Gasteiger partial charge is 0.265 e. The molecule has 1 aliphatic heterocycles. The fourth-order valence-corrected chi connectivity index (χ4v) is 2.88. The van der Waals surface area contributed by atoms with Gasteiger partial charge in [-0.3, -0.25) is 0 Å². The molecule has 1 unspecified atom stereocenters. The molecule has 0 spiro atoms. The van der Waals surface area contributed by atoms with Crippen LogP contribution in [0.25, 0.3) is 10.9 Å². The monoisotopic (exact) mass is 333 g/mol. The predicted molar refractivity (Wildman–Crippen MR) is 102 cm³/mol. The fourth-order valence-electron chi connectivity index (χ4n) is 2.88. The molecule has 0 saturated carbocycles. The highest BCUT2D eigenvalue weighted by Crippen LogP contribution is 2.26. The van der Waals surface area contributed by atoms with Gasteiger partial charge in [0.15, 0.2) is 0 Å². The maximum absolute atomic E-state index is 9.07. The molecule has 128 valence electrons. The molecule has 25 heavy (non-hydrogen) atoms. The van der Waals surface area contributed by atoms with E-state index >= 15 is 0 Å². The summed E-state index contributed by atoms with van der Waals surface area (Å²) in [5.41, 5.74) is 4.50. The van der Waals surface area contributed by atoms with Gasteiger partial charge in [-0.15, -0.1) is 0 Å². The lowest BCUT2D eigenvalue weighted by atomic mass is 10.0. The van der Waals surface area contributed by atoms with Gasteiger partial charge in [-0.1, -0.05) is 19.1 Å². The summed E-state index contributed by atoms with van der Waals surface area (Å²) in [4.78, 5) is 5.42. The van der Waals surface area contributed by atoms with Gasteiger partial charge in [0.1, 0.15) is 5.76 Å². The van der Waals surface area contributed by atoms with Gasteiger partial charge in [0, 0.05) is 26.2 Å². The first-order valence-corrected chi connectivity index (χ1v) is 8.35. The SMILES string of the molecule is [C-]#[N+]C(C#N)=C1C=C(C=Cc2ccc(N(C)C)c(CC)c2)OC(C)C1. The normalized spacial score (nSPS) is 18.8. The molecular weight excluding hydrogens is 310 g/mol. The Kier molecular flexibility index (Phi) is 6.03. The van der Waals surface area contributed by atoms with Crippen molar-refractivity contribution in [3.63, 3.8) is 0 Å². The lowest BCUT2D eigenvalue weighted by Crippen LogP contribution is -2.13. The van der Waals surface area contributed by atoms with Crippen molar-refractivity contribution in [2.24, 2.45) is 0 Å². The molecular formula is C21H23N3O. The Morgan fingerprint density at radius 1 is 1.44 bits per heavy atom. The molecule has 0 aliphatic carbocycles. The highest BCUT2D eigenvalue weighted by molar-refractivity contribution is 5.61. The lowest BCUT2D eigenvalue weighted by Gasteiger charge is -2.22. The fraction of sp³-hybridized carbons (Fsp3) is 0.333. The second kappa shape index (κ2) is 8.22. The number of nitriles is 1. The molecule has 1 atom stereocenters. The van der Waals surface area contributed by atoms with Crippen LogP contribution in [0.15, 0.2) is 47.4 Å². The zero-order valence-electron chi connectivity index (χ0n) is 15.2. The average molecular weight is 333 g/mol. The number of allylic oxidation sites excluding steroid dienone is 3. The number of aryl methyl sites for hydroxylation is 1. The number of anilines is 1. The molecule has 0 aromatic heterocycles. The third-order valence-corrected chi connectivity index (χ3v) is 4.09. The lowest BCUT2D eigenvalue weighted by molar-refractivity contribution is 0.133. The van der Waals surface area contributed by atoms with Crippen molar-refractivity contribution in [3.05, 3.63) is 69.9 Å². The van der Waals surface area contributed by atoms with Crippen LogP contribution in [0.3, 0.4) is 0 Å². The molecule has 0 bridgehead atoms. The minimum absolute atomic E-state index is 0.0490. The number of benzene rings is 1. The van der Waals surface area contributed by atoms with Crippen molar-refractivity contribution in [2.45, 2.75) is 32.8 Å². The van der Waals surface area contributed by atoms with Crippen molar-refractivity contribution >= 4 is 11.8 Å². The van der Waals surface area contributed by atoms with Crippen molar-refractivity contribution in [2.75, 3.05) is 19.0 Å². The summed E-state index contributed by atoms with van der Waals surface area (Å²) in [6.07, 6.45) is 7.20. The van der Waals surface area contributed by atoms with Gasteiger partial charge in [0.2, 0.25) is 0 Å². The van der Waals surface area contributed by atoms with Crippen LogP contribution in [0, 0.1) is 17.9 Å². The van der Waals surface area contributed by atoms with E-state index in [1.807, 2.05) is 39.2 Å². The Labute approximate surface area is 150 Å². The molecule has 1 aliphatic rings. The van der Waals surface area contributed by atoms with Crippen LogP contribution in [-0.2, 0) is 11.2 Å². The average Bonchev–Trinajstić information content (AvgIpc) is 2.60. The number of hydrogen-bond donors (Lipinski definition) is 0. The molecule has 0 radical (unpaired) electrons. The predicted octanol–water partition coefficient (Wildman–Crippen LogP) is 4.72. The third-order valence-electron chi connectivity index (χ3n) is 4.09. The number of hydrogen-bond acceptors (Lipinski definition) is 3. The first-order chi connectivity index (χ1) is 12.0. The van der Waals surface area contributed by atoms with Gasteiger partial charge in [0.25, 0.3) is 5.70 Å². The van der Waals surface area contributed by atoms with E-state index in [4.69, 9.17) is 16.6 Å². The van der Waals surface area contributed by atoms with E-state index in [9.17, 15) is 0 Å². The second-order valence-electron chi connectivity index (χ2n) is 6.25. The van der Waals surface area contributed by atoms with Crippen molar-refractivity contribution in [1.29, 1.82) is 5.26 Å². The molecule has 4 heteroatoms. The third kappa shape index (κ3) is 4.52. The van der Waals surface area contributed by atoms with Crippen LogP contribution < -0.4 is 4.90 Å². The zero-order valence-corrected chi connectivity index (χ0v) is 15.2. The highest BCUT2D eigenvalue weighted by Gasteiger charge is 2.17. The van der Waals surface area contributed by atoms with Crippen LogP contribution in [-0.4, -0.2) is 20.2 Å². The summed E-state index contributed by atoms with van der Waals surface area (Å²) in [6.45, 7) is 11.2. The standard InChI is InChI=1S/C21H23N3O/c1-6-17-12-16(8-10-21(17)24(4)5)7-9-19-13-18(11-15(2)25-19)20(14-22)23-3/h7-10,12-13,15H,6,11H2,1-2,4-5H3. The summed E-state index contributed by atoms with van der Waals surface area (Å²) in [6, 6.07) is 8.34. The molecule has 2 rings (SSSR count). The number of ether oxygens (including phenoxy) is 1. The highest BCUT2D eigenvalue weighted by atomic mass is 16.5. The van der Waals surface area contributed by atoms with E-state index in [-0.39, 0.29) is 11.8 Å². The molecule has 0 saturated heterocycles. The van der Waals surface area contributed by atoms with Crippen LogP contribution in [0.1, 0.15) is 31.4 Å². The van der Waals surface area contributed by atoms with E-state index in [0.717, 1.165) is 17.6 Å². The summed E-state index contributed by atoms with van der Waals surface area (Å²) in [5.74, 6) is 0.680. The topological polar surface area (TPSA) is 40.6 Å². The van der Waals surface area contributed by atoms with E-state index in [0.29, 0.717) is 12.2 Å². The Balaban J connectivity index is 2.31. The maximum atomic E-state index is 9.07. The minimum Gasteiger partial charge on any atom is -0.490 e. The Morgan fingerprint density at radius 3 is 2.80 bits per heavy atom. The summed E-state index contributed by atoms with van der Waals surface area (Å²) < 4.78 is 5.82. The first kappa shape index (κ1) is 18.4. The Morgan fingerprint density at radius 2 is 2.20 bits per heavy atom. The van der Waals surface area contributed by atoms with Gasteiger partial charge >= 0.3 is 0 Å². The molecule has 0 fully saturated rings. The van der Waals surface area contributed by atoms with Crippen LogP contribution in [0.5, 0.6) is 0 Å². The largest absolute Gasteiger partial charge is 0.490 e. The van der Waals surface area contributed by atoms with Crippen molar-refractivity contribution < 1.29 is 4.74 Å². The number of rotatable bonds is 4. The summed E-state index contributed by atoms with van der Waals surface area (Å²) in [7, 11) is 4.09. The molecule has 1 aromatic rings. The molecule has 0 N–H and O–H groups in total. The molecule has 0 amide bonds. The zero-order chi connectivity index (χ0) is 18.4. The van der Waals surface area contributed by atoms with Gasteiger partial charge in [-0.25, -0.2) is 10.1 Å². The first-order valence-electron chi connectivity index (χ1n) is 8.35. The quantitative estimate of drug-likeness (QED) is 0.591. The van der Waals surface area contributed by atoms with Crippen LogP contribution in [0.4, 0.5) is 5.69 Å². The summed E-state index contributed by atoms with van der Waals surface area (Å²) in [5, 5.41) is 9.07. The Bertz CT molecular complexity index is 801. The molecule has 1 heterocycles. The van der Waals surface area contributed by atoms with Gasteiger partial charge in [-0.2, -0.15) is 0 Å². The summed E-state index contributed by atoms with van der Waals surface area (Å²) >= 11 is 0.